The van der Waals surface area contributed by atoms with Crippen LogP contribution in [0.25, 0.3) is 11.1 Å². The first-order chi connectivity index (χ1) is 9.13. The highest BCUT2D eigenvalue weighted by molar-refractivity contribution is 6.34. The van der Waals surface area contributed by atoms with Gasteiger partial charge in [-0.15, -0.1) is 6.58 Å². The molecule has 0 bridgehead atoms. The molecule has 0 aliphatic heterocycles. The van der Waals surface area contributed by atoms with E-state index in [-0.39, 0.29) is 5.41 Å². The van der Waals surface area contributed by atoms with Crippen LogP contribution in [0.15, 0.2) is 67.3 Å². The Morgan fingerprint density at radius 3 is 2.47 bits per heavy atom. The summed E-state index contributed by atoms with van der Waals surface area (Å²) in [5, 5.41) is 0.787. The Bertz CT molecular complexity index is 697. The molecule has 1 unspecified atom stereocenters. The largest absolute Gasteiger partial charge is 0.102 e. The lowest BCUT2D eigenvalue weighted by Gasteiger charge is -2.29. The summed E-state index contributed by atoms with van der Waals surface area (Å²) in [6, 6.07) is 14.4. The zero-order valence-electron chi connectivity index (χ0n) is 10.9. The molecule has 0 saturated carbocycles. The SMILES string of the molecule is C=CC1(C(=C)C)c2ccccc2-c2c(Cl)cccc21. The van der Waals surface area contributed by atoms with E-state index in [0.717, 1.165) is 16.2 Å². The molecule has 19 heavy (non-hydrogen) atoms. The summed E-state index contributed by atoms with van der Waals surface area (Å²) in [6.07, 6.45) is 1.98. The fourth-order valence-corrected chi connectivity index (χ4v) is 3.45. The fraction of sp³-hybridized carbons (Fsp3) is 0.111. The van der Waals surface area contributed by atoms with E-state index < -0.39 is 0 Å². The minimum atomic E-state index is -0.323. The van der Waals surface area contributed by atoms with Crippen LogP contribution in [-0.2, 0) is 5.41 Å². The lowest BCUT2D eigenvalue weighted by atomic mass is 9.73. The summed E-state index contributed by atoms with van der Waals surface area (Å²) in [5.41, 5.74) is 5.45. The van der Waals surface area contributed by atoms with E-state index in [4.69, 9.17) is 11.6 Å². The molecular weight excluding hydrogens is 252 g/mol. The summed E-state index contributed by atoms with van der Waals surface area (Å²) in [6.45, 7) is 10.3. The molecule has 2 aromatic rings. The molecule has 0 heterocycles. The Morgan fingerprint density at radius 2 is 1.79 bits per heavy atom. The van der Waals surface area contributed by atoms with Gasteiger partial charge < -0.3 is 0 Å². The van der Waals surface area contributed by atoms with Crippen LogP contribution in [0.1, 0.15) is 18.1 Å². The van der Waals surface area contributed by atoms with Crippen molar-refractivity contribution < 1.29 is 0 Å². The highest BCUT2D eigenvalue weighted by atomic mass is 35.5. The third kappa shape index (κ3) is 1.41. The van der Waals surface area contributed by atoms with Crippen LogP contribution in [0.4, 0.5) is 0 Å². The number of hydrogen-bond acceptors (Lipinski definition) is 0. The second kappa shape index (κ2) is 4.11. The van der Waals surface area contributed by atoms with Crippen molar-refractivity contribution in [3.05, 3.63) is 83.4 Å². The van der Waals surface area contributed by atoms with Crippen LogP contribution in [0.5, 0.6) is 0 Å². The third-order valence-corrected chi connectivity index (χ3v) is 4.35. The number of hydrogen-bond donors (Lipinski definition) is 0. The zero-order chi connectivity index (χ0) is 13.6. The van der Waals surface area contributed by atoms with Crippen molar-refractivity contribution in [1.82, 2.24) is 0 Å². The van der Waals surface area contributed by atoms with Crippen molar-refractivity contribution in [2.45, 2.75) is 12.3 Å². The Morgan fingerprint density at radius 1 is 1.11 bits per heavy atom. The van der Waals surface area contributed by atoms with Crippen molar-refractivity contribution in [1.29, 1.82) is 0 Å². The van der Waals surface area contributed by atoms with Gasteiger partial charge in [-0.25, -0.2) is 0 Å². The molecule has 0 fully saturated rings. The molecule has 0 N–H and O–H groups in total. The average molecular weight is 267 g/mol. The van der Waals surface area contributed by atoms with E-state index >= 15 is 0 Å². The molecule has 1 aliphatic carbocycles. The highest BCUT2D eigenvalue weighted by Crippen LogP contribution is 2.54. The first kappa shape index (κ1) is 12.3. The smallest absolute Gasteiger partial charge is 0.0596 e. The Balaban J connectivity index is 2.51. The maximum atomic E-state index is 6.42. The van der Waals surface area contributed by atoms with Gasteiger partial charge in [-0.3, -0.25) is 0 Å². The van der Waals surface area contributed by atoms with Gasteiger partial charge >= 0.3 is 0 Å². The summed E-state index contributed by atoms with van der Waals surface area (Å²) in [7, 11) is 0. The predicted molar refractivity (Wildman–Crippen MR) is 82.7 cm³/mol. The van der Waals surface area contributed by atoms with Gasteiger partial charge in [0.25, 0.3) is 0 Å². The molecule has 0 spiro atoms. The van der Waals surface area contributed by atoms with Gasteiger partial charge in [-0.05, 0) is 29.7 Å². The van der Waals surface area contributed by atoms with Crippen LogP contribution in [-0.4, -0.2) is 0 Å². The van der Waals surface area contributed by atoms with Crippen LogP contribution in [0.2, 0.25) is 5.02 Å². The normalized spacial score (nSPS) is 19.7. The minimum Gasteiger partial charge on any atom is -0.102 e. The monoisotopic (exact) mass is 266 g/mol. The zero-order valence-corrected chi connectivity index (χ0v) is 11.7. The standard InChI is InChI=1S/C18H15Cl/c1-4-18(12(2)3)14-9-6-5-8-13(14)17-15(18)10-7-11-16(17)19/h4-11H,1-2H2,3H3. The molecule has 3 rings (SSSR count). The van der Waals surface area contributed by atoms with Crippen molar-refractivity contribution in [3.63, 3.8) is 0 Å². The molecule has 2 aromatic carbocycles. The lowest BCUT2D eigenvalue weighted by molar-refractivity contribution is 0.786. The van der Waals surface area contributed by atoms with E-state index in [0.29, 0.717) is 0 Å². The van der Waals surface area contributed by atoms with Gasteiger partial charge in [0.15, 0.2) is 0 Å². The van der Waals surface area contributed by atoms with E-state index in [2.05, 4.69) is 44.3 Å². The molecule has 0 aromatic heterocycles. The highest BCUT2D eigenvalue weighted by Gasteiger charge is 2.42. The summed E-state index contributed by atoms with van der Waals surface area (Å²) in [4.78, 5) is 0. The van der Waals surface area contributed by atoms with E-state index in [1.54, 1.807) is 0 Å². The maximum Gasteiger partial charge on any atom is 0.0596 e. The number of halogens is 1. The second-order valence-electron chi connectivity index (χ2n) is 5.00. The number of allylic oxidation sites excluding steroid dienone is 2. The van der Waals surface area contributed by atoms with Crippen LogP contribution >= 0.6 is 11.6 Å². The molecule has 0 amide bonds. The van der Waals surface area contributed by atoms with Gasteiger partial charge in [0.2, 0.25) is 0 Å². The van der Waals surface area contributed by atoms with Crippen LogP contribution in [0.3, 0.4) is 0 Å². The lowest BCUT2D eigenvalue weighted by Crippen LogP contribution is -2.23. The Hall–Kier alpha value is -1.79. The van der Waals surface area contributed by atoms with Crippen molar-refractivity contribution in [2.24, 2.45) is 0 Å². The second-order valence-corrected chi connectivity index (χ2v) is 5.41. The van der Waals surface area contributed by atoms with Crippen molar-refractivity contribution in [2.75, 3.05) is 0 Å². The van der Waals surface area contributed by atoms with Gasteiger partial charge in [0.05, 0.1) is 5.41 Å². The van der Waals surface area contributed by atoms with E-state index in [1.807, 2.05) is 24.3 Å². The van der Waals surface area contributed by atoms with Crippen LogP contribution in [0, 0.1) is 0 Å². The average Bonchev–Trinajstić information content (AvgIpc) is 2.71. The topological polar surface area (TPSA) is 0 Å². The number of benzene rings is 2. The van der Waals surface area contributed by atoms with Crippen molar-refractivity contribution in [3.8, 4) is 11.1 Å². The van der Waals surface area contributed by atoms with E-state index in [1.165, 1.54) is 16.7 Å². The third-order valence-electron chi connectivity index (χ3n) is 4.04. The predicted octanol–water partition coefficient (Wildman–Crippen LogP) is 5.37. The van der Waals surface area contributed by atoms with Crippen molar-refractivity contribution >= 4 is 11.6 Å². The molecule has 1 heteroatoms. The first-order valence-corrected chi connectivity index (χ1v) is 6.69. The molecule has 0 nitrogen and oxygen atoms in total. The Labute approximate surface area is 119 Å². The molecule has 94 valence electrons. The minimum absolute atomic E-state index is 0.323. The van der Waals surface area contributed by atoms with Gasteiger partial charge in [-0.2, -0.15) is 0 Å². The maximum absolute atomic E-state index is 6.42. The fourth-order valence-electron chi connectivity index (χ4n) is 3.17. The molecule has 0 saturated heterocycles. The van der Waals surface area contributed by atoms with Gasteiger partial charge in [-0.1, -0.05) is 66.2 Å². The van der Waals surface area contributed by atoms with Gasteiger partial charge in [0.1, 0.15) is 0 Å². The number of fused-ring (bicyclic) bond motifs is 3. The molecule has 1 aliphatic rings. The van der Waals surface area contributed by atoms with Gasteiger partial charge in [0, 0.05) is 10.6 Å². The molecule has 0 radical (unpaired) electrons. The van der Waals surface area contributed by atoms with E-state index in [9.17, 15) is 0 Å². The summed E-state index contributed by atoms with van der Waals surface area (Å²) in [5.74, 6) is 0. The quantitative estimate of drug-likeness (QED) is 0.641. The number of rotatable bonds is 2. The molecule has 1 atom stereocenters. The van der Waals surface area contributed by atoms with Crippen LogP contribution < -0.4 is 0 Å². The molecular formula is C18H15Cl. The summed E-state index contributed by atoms with van der Waals surface area (Å²) < 4.78 is 0. The summed E-state index contributed by atoms with van der Waals surface area (Å²) >= 11 is 6.42. The first-order valence-electron chi connectivity index (χ1n) is 6.31. The Kier molecular flexibility index (Phi) is 2.65.